The molecule has 0 aliphatic heterocycles. The first-order chi connectivity index (χ1) is 7.83. The van der Waals surface area contributed by atoms with E-state index in [2.05, 4.69) is 0 Å². The summed E-state index contributed by atoms with van der Waals surface area (Å²) in [6.07, 6.45) is 1.64. The molecule has 0 N–H and O–H groups in total. The molecule has 0 aromatic rings. The Morgan fingerprint density at radius 3 is 1.89 bits per heavy atom. The Kier molecular flexibility index (Phi) is 3.79. The van der Waals surface area contributed by atoms with E-state index in [9.17, 15) is 9.59 Å². The fourth-order valence-corrected chi connectivity index (χ4v) is 2.80. The van der Waals surface area contributed by atoms with Crippen molar-refractivity contribution in [3.63, 3.8) is 0 Å². The van der Waals surface area contributed by atoms with Crippen molar-refractivity contribution in [2.45, 2.75) is 51.8 Å². The van der Waals surface area contributed by atoms with E-state index in [1.54, 1.807) is 6.08 Å². The van der Waals surface area contributed by atoms with Crippen LogP contribution >= 0.6 is 23.2 Å². The molecular weight excluding hydrogens is 271 g/mol. The van der Waals surface area contributed by atoms with Gasteiger partial charge in [0.2, 0.25) is 11.6 Å². The second-order valence-corrected chi connectivity index (χ2v) is 7.92. The van der Waals surface area contributed by atoms with Crippen LogP contribution in [0.25, 0.3) is 0 Å². The van der Waals surface area contributed by atoms with Crippen molar-refractivity contribution in [1.82, 2.24) is 0 Å². The molecule has 0 saturated heterocycles. The Morgan fingerprint density at radius 2 is 1.56 bits per heavy atom. The average Bonchev–Trinajstić information content (AvgIpc) is 2.16. The lowest BCUT2D eigenvalue weighted by Gasteiger charge is -2.43. The predicted molar refractivity (Wildman–Crippen MR) is 75.2 cm³/mol. The number of carbonyl (C=O) groups is 2. The highest BCUT2D eigenvalue weighted by Crippen LogP contribution is 2.47. The number of rotatable bonds is 0. The molecule has 0 bridgehead atoms. The quantitative estimate of drug-likeness (QED) is 0.503. The zero-order valence-electron chi connectivity index (χ0n) is 11.7. The standard InChI is InChI=1S/C14H20Cl2O2/c1-12(2,3)8-7-9(15)14(16,13(4,5)6)11(18)10(8)17/h7,9H,1-6H3/t9-,14-/m1/s1. The molecule has 2 atom stereocenters. The van der Waals surface area contributed by atoms with E-state index in [0.29, 0.717) is 5.57 Å². The first-order valence-electron chi connectivity index (χ1n) is 5.98. The number of ketones is 2. The number of alkyl halides is 2. The molecule has 2 nitrogen and oxygen atoms in total. The van der Waals surface area contributed by atoms with Gasteiger partial charge < -0.3 is 0 Å². The highest BCUT2D eigenvalue weighted by atomic mass is 35.5. The molecular formula is C14H20Cl2O2. The number of Topliss-reactive ketones (excluding diaryl/α,β-unsaturated/α-hetero) is 2. The first kappa shape index (κ1) is 15.7. The second-order valence-electron chi connectivity index (χ2n) is 6.85. The van der Waals surface area contributed by atoms with Crippen molar-refractivity contribution in [1.29, 1.82) is 0 Å². The lowest BCUT2D eigenvalue weighted by Crippen LogP contribution is -2.57. The van der Waals surface area contributed by atoms with Crippen LogP contribution in [-0.4, -0.2) is 21.8 Å². The van der Waals surface area contributed by atoms with Crippen LogP contribution in [0, 0.1) is 10.8 Å². The van der Waals surface area contributed by atoms with Crippen molar-refractivity contribution in [3.8, 4) is 0 Å². The molecule has 4 heteroatoms. The Bertz CT molecular complexity index is 424. The lowest BCUT2D eigenvalue weighted by atomic mass is 9.67. The minimum atomic E-state index is -1.37. The minimum absolute atomic E-state index is 0.407. The molecule has 0 aromatic carbocycles. The zero-order chi connectivity index (χ0) is 14.5. The Morgan fingerprint density at radius 1 is 1.11 bits per heavy atom. The maximum Gasteiger partial charge on any atom is 0.226 e. The molecule has 1 aliphatic rings. The maximum atomic E-state index is 12.4. The third-order valence-corrected chi connectivity index (χ3v) is 4.91. The molecule has 0 unspecified atom stereocenters. The summed E-state index contributed by atoms with van der Waals surface area (Å²) in [5.74, 6) is -1.10. The van der Waals surface area contributed by atoms with Crippen LogP contribution in [-0.2, 0) is 9.59 Å². The van der Waals surface area contributed by atoms with Gasteiger partial charge in [-0.15, -0.1) is 23.2 Å². The van der Waals surface area contributed by atoms with Gasteiger partial charge in [0, 0.05) is 5.57 Å². The summed E-state index contributed by atoms with van der Waals surface area (Å²) in [6.45, 7) is 11.1. The SMILES string of the molecule is CC(C)(C)C1=C[C@@H](Cl)[C@](Cl)(C(C)(C)C)C(=O)C1=O. The van der Waals surface area contributed by atoms with Gasteiger partial charge in [-0.2, -0.15) is 0 Å². The summed E-state index contributed by atoms with van der Waals surface area (Å²) < 4.78 is 0. The smallest absolute Gasteiger partial charge is 0.226 e. The zero-order valence-corrected chi connectivity index (χ0v) is 13.2. The van der Waals surface area contributed by atoms with Crippen LogP contribution in [0.1, 0.15) is 41.5 Å². The van der Waals surface area contributed by atoms with Crippen molar-refractivity contribution in [2.75, 3.05) is 0 Å². The number of hydrogen-bond donors (Lipinski definition) is 0. The van der Waals surface area contributed by atoms with E-state index in [0.717, 1.165) is 0 Å². The molecule has 0 spiro atoms. The van der Waals surface area contributed by atoms with E-state index in [-0.39, 0.29) is 0 Å². The van der Waals surface area contributed by atoms with Gasteiger partial charge in [-0.3, -0.25) is 9.59 Å². The number of carbonyl (C=O) groups excluding carboxylic acids is 2. The van der Waals surface area contributed by atoms with Gasteiger partial charge in [0.25, 0.3) is 0 Å². The average molecular weight is 291 g/mol. The van der Waals surface area contributed by atoms with Crippen LogP contribution in [0.2, 0.25) is 0 Å². The molecule has 0 saturated carbocycles. The molecule has 0 aromatic heterocycles. The lowest BCUT2D eigenvalue weighted by molar-refractivity contribution is -0.138. The third-order valence-electron chi connectivity index (χ3n) is 3.37. The highest BCUT2D eigenvalue weighted by molar-refractivity contribution is 6.60. The highest BCUT2D eigenvalue weighted by Gasteiger charge is 2.57. The van der Waals surface area contributed by atoms with Gasteiger partial charge in [-0.1, -0.05) is 47.6 Å². The van der Waals surface area contributed by atoms with Gasteiger partial charge in [0.05, 0.1) is 5.38 Å². The monoisotopic (exact) mass is 290 g/mol. The van der Waals surface area contributed by atoms with Crippen LogP contribution in [0.15, 0.2) is 11.6 Å². The van der Waals surface area contributed by atoms with Crippen LogP contribution < -0.4 is 0 Å². The summed E-state index contributed by atoms with van der Waals surface area (Å²) in [7, 11) is 0. The van der Waals surface area contributed by atoms with Crippen molar-refractivity contribution in [3.05, 3.63) is 11.6 Å². The van der Waals surface area contributed by atoms with Crippen LogP contribution in [0.3, 0.4) is 0 Å². The summed E-state index contributed by atoms with van der Waals surface area (Å²) >= 11 is 12.7. The van der Waals surface area contributed by atoms with Crippen molar-refractivity contribution < 1.29 is 9.59 Å². The third kappa shape index (κ3) is 2.25. The van der Waals surface area contributed by atoms with Crippen LogP contribution in [0.4, 0.5) is 0 Å². The second kappa shape index (κ2) is 4.35. The number of hydrogen-bond acceptors (Lipinski definition) is 2. The summed E-state index contributed by atoms with van der Waals surface area (Å²) in [6, 6.07) is 0. The Hall–Kier alpha value is -0.340. The van der Waals surface area contributed by atoms with Gasteiger partial charge in [0.15, 0.2) is 0 Å². The fourth-order valence-electron chi connectivity index (χ4n) is 2.09. The Labute approximate surface area is 119 Å². The molecule has 0 radical (unpaired) electrons. The summed E-state index contributed by atoms with van der Waals surface area (Å²) in [5.41, 5.74) is -0.545. The molecule has 0 heterocycles. The first-order valence-corrected chi connectivity index (χ1v) is 6.79. The van der Waals surface area contributed by atoms with E-state index >= 15 is 0 Å². The summed E-state index contributed by atoms with van der Waals surface area (Å²) in [4.78, 5) is 23.2. The molecule has 1 rings (SSSR count). The van der Waals surface area contributed by atoms with E-state index < -0.39 is 32.6 Å². The van der Waals surface area contributed by atoms with Gasteiger partial charge in [0.1, 0.15) is 4.87 Å². The van der Waals surface area contributed by atoms with Crippen molar-refractivity contribution in [2.24, 2.45) is 10.8 Å². The van der Waals surface area contributed by atoms with Gasteiger partial charge >= 0.3 is 0 Å². The van der Waals surface area contributed by atoms with Crippen LogP contribution in [0.5, 0.6) is 0 Å². The minimum Gasteiger partial charge on any atom is -0.288 e. The van der Waals surface area contributed by atoms with Gasteiger partial charge in [-0.25, -0.2) is 0 Å². The summed E-state index contributed by atoms with van der Waals surface area (Å²) in [5, 5.41) is -0.682. The number of halogens is 2. The largest absolute Gasteiger partial charge is 0.288 e. The topological polar surface area (TPSA) is 34.1 Å². The molecule has 0 amide bonds. The maximum absolute atomic E-state index is 12.4. The van der Waals surface area contributed by atoms with E-state index in [1.807, 2.05) is 41.5 Å². The molecule has 0 fully saturated rings. The van der Waals surface area contributed by atoms with Gasteiger partial charge in [-0.05, 0) is 10.8 Å². The van der Waals surface area contributed by atoms with E-state index in [1.165, 1.54) is 0 Å². The predicted octanol–water partition coefficient (Wildman–Crippen LogP) is 3.74. The normalized spacial score (nSPS) is 30.4. The van der Waals surface area contributed by atoms with Crippen molar-refractivity contribution >= 4 is 34.8 Å². The number of allylic oxidation sites excluding steroid dienone is 2. The molecule has 102 valence electrons. The molecule has 1 aliphatic carbocycles. The van der Waals surface area contributed by atoms with E-state index in [4.69, 9.17) is 23.2 Å². The molecule has 18 heavy (non-hydrogen) atoms. The Balaban J connectivity index is 3.42. The fraction of sp³-hybridized carbons (Fsp3) is 0.714.